The minimum atomic E-state index is 0.461. The molecular weight excluding hydrogens is 240 g/mol. The Morgan fingerprint density at radius 3 is 2.58 bits per heavy atom. The highest BCUT2D eigenvalue weighted by atomic mass is 15.3. The molecule has 1 saturated heterocycles. The van der Waals surface area contributed by atoms with Crippen molar-refractivity contribution in [1.29, 1.82) is 0 Å². The van der Waals surface area contributed by atoms with Gasteiger partial charge in [-0.05, 0) is 26.7 Å². The standard InChI is InChI=1S/C13H18N6/c1-10-7-13(17-11(2)16-10)18-5-3-12(4-6-18)19-9-14-8-15-19/h7-9,12H,3-6H2,1-2H3. The molecule has 1 aliphatic rings. The Hall–Kier alpha value is -1.98. The predicted octanol–water partition coefficient (Wildman–Crippen LogP) is 1.53. The summed E-state index contributed by atoms with van der Waals surface area (Å²) in [5.41, 5.74) is 1.03. The topological polar surface area (TPSA) is 59.7 Å². The van der Waals surface area contributed by atoms with Crippen LogP contribution in [0.4, 0.5) is 5.82 Å². The van der Waals surface area contributed by atoms with Gasteiger partial charge >= 0.3 is 0 Å². The molecular formula is C13H18N6. The molecule has 2 aromatic rings. The lowest BCUT2D eigenvalue weighted by molar-refractivity contribution is 0.365. The summed E-state index contributed by atoms with van der Waals surface area (Å²) >= 11 is 0. The van der Waals surface area contributed by atoms with E-state index in [0.717, 1.165) is 43.3 Å². The molecule has 0 unspecified atom stereocenters. The summed E-state index contributed by atoms with van der Waals surface area (Å²) in [6.45, 7) is 5.96. The molecule has 6 heteroatoms. The van der Waals surface area contributed by atoms with Gasteiger partial charge in [0.05, 0.1) is 6.04 Å². The Kier molecular flexibility index (Phi) is 3.15. The summed E-state index contributed by atoms with van der Waals surface area (Å²) in [5, 5.41) is 4.23. The number of aromatic nitrogens is 5. The number of piperidine rings is 1. The van der Waals surface area contributed by atoms with Gasteiger partial charge in [-0.25, -0.2) is 19.6 Å². The first-order chi connectivity index (χ1) is 9.22. The number of hydrogen-bond acceptors (Lipinski definition) is 5. The Morgan fingerprint density at radius 2 is 1.95 bits per heavy atom. The third kappa shape index (κ3) is 2.57. The molecule has 1 fully saturated rings. The number of anilines is 1. The Morgan fingerprint density at radius 1 is 1.16 bits per heavy atom. The average molecular weight is 258 g/mol. The van der Waals surface area contributed by atoms with Crippen molar-refractivity contribution < 1.29 is 0 Å². The fourth-order valence-corrected chi connectivity index (χ4v) is 2.62. The summed E-state index contributed by atoms with van der Waals surface area (Å²) in [7, 11) is 0. The van der Waals surface area contributed by atoms with Crippen molar-refractivity contribution in [2.24, 2.45) is 0 Å². The van der Waals surface area contributed by atoms with Gasteiger partial charge in [-0.1, -0.05) is 0 Å². The fourth-order valence-electron chi connectivity index (χ4n) is 2.62. The van der Waals surface area contributed by atoms with Gasteiger partial charge in [0.1, 0.15) is 24.3 Å². The van der Waals surface area contributed by atoms with Gasteiger partial charge < -0.3 is 4.90 Å². The van der Waals surface area contributed by atoms with Crippen LogP contribution in [0, 0.1) is 13.8 Å². The largest absolute Gasteiger partial charge is 0.356 e. The molecule has 19 heavy (non-hydrogen) atoms. The molecule has 1 aliphatic heterocycles. The van der Waals surface area contributed by atoms with Crippen LogP contribution in [0.1, 0.15) is 30.4 Å². The molecule has 0 N–H and O–H groups in total. The molecule has 0 radical (unpaired) electrons. The highest BCUT2D eigenvalue weighted by molar-refractivity contribution is 5.40. The number of aryl methyl sites for hydroxylation is 2. The lowest BCUT2D eigenvalue weighted by Crippen LogP contribution is -2.35. The second-order valence-corrected chi connectivity index (χ2v) is 5.01. The van der Waals surface area contributed by atoms with Crippen molar-refractivity contribution in [2.75, 3.05) is 18.0 Å². The summed E-state index contributed by atoms with van der Waals surface area (Å²) in [5.74, 6) is 1.88. The third-order valence-electron chi connectivity index (χ3n) is 3.55. The first kappa shape index (κ1) is 12.1. The molecule has 0 aromatic carbocycles. The highest BCUT2D eigenvalue weighted by Gasteiger charge is 2.22. The van der Waals surface area contributed by atoms with E-state index < -0.39 is 0 Å². The number of rotatable bonds is 2. The van der Waals surface area contributed by atoms with Gasteiger partial charge in [-0.2, -0.15) is 5.10 Å². The van der Waals surface area contributed by atoms with E-state index in [1.165, 1.54) is 0 Å². The molecule has 6 nitrogen and oxygen atoms in total. The summed E-state index contributed by atoms with van der Waals surface area (Å²) in [4.78, 5) is 15.2. The molecule has 3 heterocycles. The van der Waals surface area contributed by atoms with Gasteiger partial charge in [0, 0.05) is 24.8 Å². The third-order valence-corrected chi connectivity index (χ3v) is 3.55. The second-order valence-electron chi connectivity index (χ2n) is 5.01. The predicted molar refractivity (Wildman–Crippen MR) is 72.0 cm³/mol. The summed E-state index contributed by atoms with van der Waals surface area (Å²) in [6, 6.07) is 2.52. The summed E-state index contributed by atoms with van der Waals surface area (Å²) < 4.78 is 1.97. The maximum atomic E-state index is 4.53. The first-order valence-corrected chi connectivity index (χ1v) is 6.64. The van der Waals surface area contributed by atoms with Crippen LogP contribution in [0.2, 0.25) is 0 Å². The van der Waals surface area contributed by atoms with Crippen LogP contribution in [-0.2, 0) is 0 Å². The Balaban J connectivity index is 1.70. The minimum absolute atomic E-state index is 0.461. The van der Waals surface area contributed by atoms with Crippen molar-refractivity contribution in [2.45, 2.75) is 32.7 Å². The maximum Gasteiger partial charge on any atom is 0.137 e. The average Bonchev–Trinajstić information content (AvgIpc) is 2.91. The van der Waals surface area contributed by atoms with Crippen LogP contribution in [0.25, 0.3) is 0 Å². The minimum Gasteiger partial charge on any atom is -0.356 e. The van der Waals surface area contributed by atoms with E-state index in [9.17, 15) is 0 Å². The van der Waals surface area contributed by atoms with Crippen LogP contribution in [-0.4, -0.2) is 37.8 Å². The Bertz CT molecular complexity index is 522. The van der Waals surface area contributed by atoms with E-state index in [0.29, 0.717) is 6.04 Å². The molecule has 0 atom stereocenters. The SMILES string of the molecule is Cc1cc(N2CCC(n3cncn3)CC2)nc(C)n1. The monoisotopic (exact) mass is 258 g/mol. The zero-order chi connectivity index (χ0) is 13.2. The number of hydrogen-bond donors (Lipinski definition) is 0. The van der Waals surface area contributed by atoms with Crippen molar-refractivity contribution in [3.63, 3.8) is 0 Å². The zero-order valence-corrected chi connectivity index (χ0v) is 11.3. The summed E-state index contributed by atoms with van der Waals surface area (Å²) in [6.07, 6.45) is 5.56. The fraction of sp³-hybridized carbons (Fsp3) is 0.538. The Labute approximate surface area is 112 Å². The van der Waals surface area contributed by atoms with E-state index >= 15 is 0 Å². The van der Waals surface area contributed by atoms with E-state index in [2.05, 4.69) is 31.0 Å². The van der Waals surface area contributed by atoms with Crippen molar-refractivity contribution >= 4 is 5.82 Å². The smallest absolute Gasteiger partial charge is 0.137 e. The molecule has 100 valence electrons. The van der Waals surface area contributed by atoms with E-state index in [1.807, 2.05) is 18.5 Å². The van der Waals surface area contributed by atoms with Gasteiger partial charge in [0.15, 0.2) is 0 Å². The van der Waals surface area contributed by atoms with Gasteiger partial charge in [-0.15, -0.1) is 0 Å². The maximum absolute atomic E-state index is 4.53. The van der Waals surface area contributed by atoms with Crippen LogP contribution >= 0.6 is 0 Å². The highest BCUT2D eigenvalue weighted by Crippen LogP contribution is 2.24. The van der Waals surface area contributed by atoms with Crippen LogP contribution < -0.4 is 4.90 Å². The quantitative estimate of drug-likeness (QED) is 0.817. The lowest BCUT2D eigenvalue weighted by atomic mass is 10.1. The normalized spacial score (nSPS) is 16.8. The first-order valence-electron chi connectivity index (χ1n) is 6.64. The second kappa shape index (κ2) is 4.95. The van der Waals surface area contributed by atoms with Crippen LogP contribution in [0.15, 0.2) is 18.7 Å². The molecule has 0 aliphatic carbocycles. The molecule has 2 aromatic heterocycles. The van der Waals surface area contributed by atoms with Crippen molar-refractivity contribution in [3.8, 4) is 0 Å². The van der Waals surface area contributed by atoms with Crippen molar-refractivity contribution in [3.05, 3.63) is 30.2 Å². The molecule has 0 spiro atoms. The zero-order valence-electron chi connectivity index (χ0n) is 11.3. The van der Waals surface area contributed by atoms with Gasteiger partial charge in [-0.3, -0.25) is 0 Å². The molecule has 0 bridgehead atoms. The van der Waals surface area contributed by atoms with E-state index in [1.54, 1.807) is 12.7 Å². The van der Waals surface area contributed by atoms with Crippen LogP contribution in [0.5, 0.6) is 0 Å². The molecule has 0 amide bonds. The molecule has 3 rings (SSSR count). The molecule has 0 saturated carbocycles. The van der Waals surface area contributed by atoms with Crippen molar-refractivity contribution in [1.82, 2.24) is 24.7 Å². The van der Waals surface area contributed by atoms with Crippen LogP contribution in [0.3, 0.4) is 0 Å². The van der Waals surface area contributed by atoms with Gasteiger partial charge in [0.25, 0.3) is 0 Å². The number of nitrogens with zero attached hydrogens (tertiary/aromatic N) is 6. The van der Waals surface area contributed by atoms with Gasteiger partial charge in [0.2, 0.25) is 0 Å². The van der Waals surface area contributed by atoms with E-state index in [4.69, 9.17) is 0 Å². The lowest BCUT2D eigenvalue weighted by Gasteiger charge is -2.32. The van der Waals surface area contributed by atoms with E-state index in [-0.39, 0.29) is 0 Å².